The lowest BCUT2D eigenvalue weighted by atomic mass is 10.0. The number of H-pyrrole nitrogens is 1. The molecule has 2 fully saturated rings. The van der Waals surface area contributed by atoms with Gasteiger partial charge in [0.15, 0.2) is 0 Å². The van der Waals surface area contributed by atoms with Crippen LogP contribution in [-0.2, 0) is 15.9 Å². The number of aromatic amines is 1. The SMILES string of the molecule is CC(C)(C)OC(=O)N1CCC[C@H]1C1=Nc2ccc(/C=C/c3ccc(-c4cnc([C@@H]5CCCN5C(=O)OC(C)(C)C)[nH]4)s3)cc2C1.S.S. The number of fused-ring (bicyclic) bond motifs is 1. The lowest BCUT2D eigenvalue weighted by molar-refractivity contribution is 0.0216. The molecule has 5 heterocycles. The predicted octanol–water partition coefficient (Wildman–Crippen LogP) is 8.63. The van der Waals surface area contributed by atoms with E-state index in [1.807, 2.05) is 52.6 Å². The molecule has 0 radical (unpaired) electrons. The monoisotopic (exact) mass is 697 g/mol. The van der Waals surface area contributed by atoms with E-state index in [0.29, 0.717) is 13.1 Å². The maximum Gasteiger partial charge on any atom is 0.410 e. The first-order chi connectivity index (χ1) is 21.3. The number of benzene rings is 1. The van der Waals surface area contributed by atoms with Crippen molar-refractivity contribution in [3.63, 3.8) is 0 Å². The number of ether oxygens (including phenoxy) is 2. The summed E-state index contributed by atoms with van der Waals surface area (Å²) >= 11 is 1.69. The van der Waals surface area contributed by atoms with Gasteiger partial charge in [0.2, 0.25) is 0 Å². The fourth-order valence-corrected chi connectivity index (χ4v) is 7.06. The third-order valence-electron chi connectivity index (χ3n) is 8.13. The minimum absolute atomic E-state index is 0. The van der Waals surface area contributed by atoms with Crippen LogP contribution in [0.1, 0.15) is 95.1 Å². The number of hydrogen-bond acceptors (Lipinski definition) is 7. The van der Waals surface area contributed by atoms with Crippen LogP contribution < -0.4 is 0 Å². The van der Waals surface area contributed by atoms with Crippen LogP contribution in [0.25, 0.3) is 22.7 Å². The first-order valence-electron chi connectivity index (χ1n) is 15.9. The maximum absolute atomic E-state index is 12.8. The molecule has 0 saturated carbocycles. The van der Waals surface area contributed by atoms with Crippen molar-refractivity contribution in [2.24, 2.45) is 4.99 Å². The van der Waals surface area contributed by atoms with Crippen molar-refractivity contribution < 1.29 is 19.1 Å². The normalized spacial score (nSPS) is 19.3. The van der Waals surface area contributed by atoms with Crippen molar-refractivity contribution >= 4 is 74.1 Å². The smallest absolute Gasteiger partial charge is 0.410 e. The van der Waals surface area contributed by atoms with Crippen LogP contribution in [0.4, 0.5) is 15.3 Å². The molecule has 1 N–H and O–H groups in total. The molecule has 0 bridgehead atoms. The molecule has 3 aliphatic heterocycles. The number of aromatic nitrogens is 2. The van der Waals surface area contributed by atoms with E-state index in [4.69, 9.17) is 14.5 Å². The third kappa shape index (κ3) is 8.63. The molecule has 3 aliphatic rings. The van der Waals surface area contributed by atoms with Gasteiger partial charge in [0.05, 0.1) is 34.5 Å². The molecule has 6 rings (SSSR count). The number of rotatable bonds is 5. The number of likely N-dealkylation sites (tertiary alicyclic amines) is 2. The second-order valence-corrected chi connectivity index (χ2v) is 15.2. The number of aliphatic imine (C=N–C) groups is 1. The largest absolute Gasteiger partial charge is 0.444 e. The number of hydrogen-bond donors (Lipinski definition) is 1. The van der Waals surface area contributed by atoms with E-state index in [-0.39, 0.29) is 51.3 Å². The van der Waals surface area contributed by atoms with Crippen molar-refractivity contribution in [1.29, 1.82) is 0 Å². The number of nitrogens with one attached hydrogen (secondary N) is 1. The summed E-state index contributed by atoms with van der Waals surface area (Å²) in [4.78, 5) is 44.5. The molecule has 0 spiro atoms. The Morgan fingerprint density at radius 1 is 0.894 bits per heavy atom. The van der Waals surface area contributed by atoms with Gasteiger partial charge in [-0.25, -0.2) is 14.6 Å². The molecule has 0 aliphatic carbocycles. The topological polar surface area (TPSA) is 100 Å². The van der Waals surface area contributed by atoms with E-state index < -0.39 is 11.2 Å². The van der Waals surface area contributed by atoms with E-state index in [9.17, 15) is 9.59 Å². The average Bonchev–Trinajstić information content (AvgIpc) is 3.78. The Labute approximate surface area is 295 Å². The second kappa shape index (κ2) is 14.5. The van der Waals surface area contributed by atoms with Gasteiger partial charge in [0.25, 0.3) is 0 Å². The molecule has 9 nitrogen and oxygen atoms in total. The Balaban J connectivity index is 0.00000250. The highest BCUT2D eigenvalue weighted by Crippen LogP contribution is 2.36. The zero-order chi connectivity index (χ0) is 31.9. The first kappa shape index (κ1) is 36.6. The summed E-state index contributed by atoms with van der Waals surface area (Å²) in [5.41, 5.74) is 4.23. The quantitative estimate of drug-likeness (QED) is 0.288. The molecule has 2 saturated heterocycles. The van der Waals surface area contributed by atoms with Crippen LogP contribution in [0.3, 0.4) is 0 Å². The third-order valence-corrected chi connectivity index (χ3v) is 9.21. The Morgan fingerprint density at radius 2 is 1.53 bits per heavy atom. The van der Waals surface area contributed by atoms with Gasteiger partial charge in [-0.15, -0.1) is 11.3 Å². The number of thiophene rings is 1. The first-order valence-corrected chi connectivity index (χ1v) is 16.7. The molecule has 0 unspecified atom stereocenters. The van der Waals surface area contributed by atoms with Crippen LogP contribution >= 0.6 is 38.3 Å². The minimum Gasteiger partial charge on any atom is -0.444 e. The lowest BCUT2D eigenvalue weighted by Gasteiger charge is -2.28. The van der Waals surface area contributed by atoms with E-state index in [2.05, 4.69) is 52.5 Å². The van der Waals surface area contributed by atoms with Crippen LogP contribution in [0.2, 0.25) is 0 Å². The van der Waals surface area contributed by atoms with Crippen LogP contribution in [-0.4, -0.2) is 68.0 Å². The molecule has 2 atom stereocenters. The van der Waals surface area contributed by atoms with E-state index >= 15 is 0 Å². The maximum atomic E-state index is 12.8. The zero-order valence-corrected chi connectivity index (χ0v) is 30.9. The summed E-state index contributed by atoms with van der Waals surface area (Å²) in [6.45, 7) is 12.7. The van der Waals surface area contributed by atoms with Gasteiger partial charge in [-0.3, -0.25) is 14.8 Å². The van der Waals surface area contributed by atoms with Crippen LogP contribution in [0, 0.1) is 0 Å². The van der Waals surface area contributed by atoms with Gasteiger partial charge >= 0.3 is 12.2 Å². The van der Waals surface area contributed by atoms with Crippen LogP contribution in [0.15, 0.2) is 41.5 Å². The van der Waals surface area contributed by atoms with Crippen molar-refractivity contribution in [2.45, 2.75) is 96.9 Å². The van der Waals surface area contributed by atoms with Crippen molar-refractivity contribution in [3.8, 4) is 10.6 Å². The van der Waals surface area contributed by atoms with E-state index in [1.165, 1.54) is 5.56 Å². The van der Waals surface area contributed by atoms with Gasteiger partial charge in [0.1, 0.15) is 17.0 Å². The highest BCUT2D eigenvalue weighted by atomic mass is 32.1. The predicted molar refractivity (Wildman–Crippen MR) is 200 cm³/mol. The standard InChI is InChI=1S/C35H43N5O4S.2H2S/c1-34(2,3)43-32(41)39-17-7-9-28(39)26-20-23-19-22(12-15-25(23)37-26)11-13-24-14-16-30(45-24)27-21-36-31(38-27)29-10-8-18-40(29)33(42)44-35(4,5)6;;/h11-16,19,21,28-29H,7-10,17-18,20H2,1-6H3,(H,36,38);2*1H2/b13-11+;;/t28-,29-;;/m0../s1. The molecule has 1 aromatic carbocycles. The fraction of sp³-hybridized carbons (Fsp3) is 0.486. The summed E-state index contributed by atoms with van der Waals surface area (Å²) in [5.74, 6) is 0.797. The van der Waals surface area contributed by atoms with E-state index in [0.717, 1.165) is 70.3 Å². The molecule has 2 aromatic heterocycles. The number of amides is 2. The fourth-order valence-electron chi connectivity index (χ4n) is 6.18. The number of nitrogens with zero attached hydrogens (tertiary/aromatic N) is 4. The molecule has 3 aromatic rings. The van der Waals surface area contributed by atoms with E-state index in [1.54, 1.807) is 16.2 Å². The van der Waals surface area contributed by atoms with Gasteiger partial charge in [-0.2, -0.15) is 27.0 Å². The molecule has 47 heavy (non-hydrogen) atoms. The number of carbonyl (C=O) groups excluding carboxylic acids is 2. The minimum atomic E-state index is -0.531. The second-order valence-electron chi connectivity index (χ2n) is 14.0. The summed E-state index contributed by atoms with van der Waals surface area (Å²) in [7, 11) is 0. The van der Waals surface area contributed by atoms with Crippen molar-refractivity contribution in [2.75, 3.05) is 13.1 Å². The van der Waals surface area contributed by atoms with Crippen LogP contribution in [0.5, 0.6) is 0 Å². The summed E-state index contributed by atoms with van der Waals surface area (Å²) < 4.78 is 11.3. The van der Waals surface area contributed by atoms with Crippen molar-refractivity contribution in [1.82, 2.24) is 19.8 Å². The van der Waals surface area contributed by atoms with Gasteiger partial charge < -0.3 is 14.5 Å². The van der Waals surface area contributed by atoms with Gasteiger partial charge in [0, 0.05) is 30.1 Å². The highest BCUT2D eigenvalue weighted by molar-refractivity contribution is 7.59. The highest BCUT2D eigenvalue weighted by Gasteiger charge is 2.37. The summed E-state index contributed by atoms with van der Waals surface area (Å²) in [5, 5.41) is 0. The Hall–Kier alpha value is -3.22. The molecule has 2 amide bonds. The molecular formula is C35H47N5O4S3. The van der Waals surface area contributed by atoms with Gasteiger partial charge in [-0.05, 0) is 109 Å². The Bertz CT molecular complexity index is 1650. The van der Waals surface area contributed by atoms with Gasteiger partial charge in [-0.1, -0.05) is 12.1 Å². The summed E-state index contributed by atoms with van der Waals surface area (Å²) in [6.07, 6.45) is 9.98. The zero-order valence-electron chi connectivity index (χ0n) is 28.1. The molecular weight excluding hydrogens is 651 g/mol. The number of carbonyl (C=O) groups is 2. The average molecular weight is 698 g/mol. The summed E-state index contributed by atoms with van der Waals surface area (Å²) in [6, 6.07) is 10.5. The Morgan fingerprint density at radius 3 is 2.19 bits per heavy atom. The Kier molecular flexibility index (Phi) is 11.3. The molecule has 254 valence electrons. The molecule has 12 heteroatoms. The lowest BCUT2D eigenvalue weighted by Crippen LogP contribution is -2.43. The van der Waals surface area contributed by atoms with Crippen molar-refractivity contribution in [3.05, 3.63) is 58.4 Å². The number of imidazole rings is 1.